The molecule has 0 aromatic carbocycles. The molecule has 19 heavy (non-hydrogen) atoms. The molecular formula is C12H20BrIN4S. The minimum absolute atomic E-state index is 0. The van der Waals surface area contributed by atoms with Crippen LogP contribution in [-0.4, -0.2) is 36.0 Å². The molecule has 1 N–H and O–H groups in total. The average molecular weight is 459 g/mol. The van der Waals surface area contributed by atoms with Gasteiger partial charge in [-0.25, -0.2) is 9.98 Å². The fourth-order valence-electron chi connectivity index (χ4n) is 1.43. The van der Waals surface area contributed by atoms with E-state index < -0.39 is 0 Å². The van der Waals surface area contributed by atoms with Crippen molar-refractivity contribution in [3.8, 4) is 0 Å². The van der Waals surface area contributed by atoms with Crippen LogP contribution in [0.4, 0.5) is 0 Å². The molecule has 0 saturated heterocycles. The van der Waals surface area contributed by atoms with Crippen LogP contribution in [0.3, 0.4) is 0 Å². The number of aliphatic imine (C=N–C) groups is 1. The molecule has 0 unspecified atom stereocenters. The first-order chi connectivity index (χ1) is 8.52. The van der Waals surface area contributed by atoms with Crippen molar-refractivity contribution in [1.29, 1.82) is 0 Å². The van der Waals surface area contributed by atoms with Gasteiger partial charge >= 0.3 is 0 Å². The highest BCUT2D eigenvalue weighted by atomic mass is 127. The molecule has 0 aliphatic heterocycles. The van der Waals surface area contributed by atoms with Gasteiger partial charge in [0.05, 0.1) is 23.8 Å². The van der Waals surface area contributed by atoms with Crippen LogP contribution in [-0.2, 0) is 6.54 Å². The van der Waals surface area contributed by atoms with Crippen LogP contribution >= 0.6 is 51.2 Å². The Hall–Kier alpha value is -0.150. The second kappa shape index (κ2) is 9.71. The monoisotopic (exact) mass is 458 g/mol. The second-order valence-electron chi connectivity index (χ2n) is 3.90. The van der Waals surface area contributed by atoms with Crippen LogP contribution < -0.4 is 5.32 Å². The zero-order valence-corrected chi connectivity index (χ0v) is 16.2. The third-order valence-corrected chi connectivity index (χ3v) is 3.24. The first-order valence-electron chi connectivity index (χ1n) is 5.76. The zero-order chi connectivity index (χ0) is 13.5. The fourth-order valence-corrected chi connectivity index (χ4v) is 2.16. The molecule has 1 aromatic heterocycles. The van der Waals surface area contributed by atoms with E-state index in [1.165, 1.54) is 0 Å². The summed E-state index contributed by atoms with van der Waals surface area (Å²) in [6, 6.07) is 0. The van der Waals surface area contributed by atoms with Crippen molar-refractivity contribution in [2.24, 2.45) is 4.99 Å². The van der Waals surface area contributed by atoms with Gasteiger partial charge in [-0.05, 0) is 13.8 Å². The van der Waals surface area contributed by atoms with E-state index in [-0.39, 0.29) is 24.0 Å². The molecule has 0 atom stereocenters. The van der Waals surface area contributed by atoms with Crippen LogP contribution in [0.5, 0.6) is 0 Å². The maximum Gasteiger partial charge on any atom is 0.194 e. The summed E-state index contributed by atoms with van der Waals surface area (Å²) in [5, 5.41) is 6.43. The number of hydrogen-bond donors (Lipinski definition) is 1. The zero-order valence-electron chi connectivity index (χ0n) is 11.4. The van der Waals surface area contributed by atoms with E-state index in [9.17, 15) is 0 Å². The van der Waals surface area contributed by atoms with Gasteiger partial charge in [-0.1, -0.05) is 22.5 Å². The van der Waals surface area contributed by atoms with E-state index in [2.05, 4.69) is 55.0 Å². The summed E-state index contributed by atoms with van der Waals surface area (Å²) in [6.07, 6.45) is 0. The summed E-state index contributed by atoms with van der Waals surface area (Å²) in [5.74, 6) is 0.865. The van der Waals surface area contributed by atoms with Gasteiger partial charge in [-0.2, -0.15) is 0 Å². The Labute approximate surface area is 144 Å². The highest BCUT2D eigenvalue weighted by Crippen LogP contribution is 2.10. The Kier molecular flexibility index (Phi) is 9.63. The summed E-state index contributed by atoms with van der Waals surface area (Å²) in [4.78, 5) is 11.0. The highest BCUT2D eigenvalue weighted by Gasteiger charge is 2.08. The van der Waals surface area contributed by atoms with Crippen molar-refractivity contribution in [1.82, 2.24) is 15.2 Å². The SMILES string of the molecule is C=C(Br)CN=C(NCC)N(C)Cc1csc(C)n1.I. The first-order valence-corrected chi connectivity index (χ1v) is 7.44. The van der Waals surface area contributed by atoms with Gasteiger partial charge in [-0.3, -0.25) is 0 Å². The van der Waals surface area contributed by atoms with Crippen molar-refractivity contribution in [2.75, 3.05) is 20.1 Å². The molecule has 0 saturated carbocycles. The summed E-state index contributed by atoms with van der Waals surface area (Å²) in [6.45, 7) is 10.0. The fraction of sp³-hybridized carbons (Fsp3) is 0.500. The van der Waals surface area contributed by atoms with Crippen molar-refractivity contribution < 1.29 is 0 Å². The molecule has 7 heteroatoms. The topological polar surface area (TPSA) is 40.5 Å². The molecule has 0 bridgehead atoms. The number of aryl methyl sites for hydroxylation is 1. The second-order valence-corrected chi connectivity index (χ2v) is 6.09. The third-order valence-electron chi connectivity index (χ3n) is 2.16. The lowest BCUT2D eigenvalue weighted by Crippen LogP contribution is -2.38. The van der Waals surface area contributed by atoms with Gasteiger partial charge in [-0.15, -0.1) is 35.3 Å². The normalized spacial score (nSPS) is 10.8. The predicted octanol–water partition coefficient (Wildman–Crippen LogP) is 3.38. The standard InChI is InChI=1S/C12H19BrN4S.HI/c1-5-14-12(15-6-9(2)13)17(4)7-11-8-18-10(3)16-11;/h8H,2,5-7H2,1,3-4H3,(H,14,15);1H. The number of halogens is 2. The summed E-state index contributed by atoms with van der Waals surface area (Å²) in [7, 11) is 2.01. The maximum absolute atomic E-state index is 4.48. The Balaban J connectivity index is 0.00000324. The largest absolute Gasteiger partial charge is 0.357 e. The molecule has 108 valence electrons. The van der Waals surface area contributed by atoms with Crippen LogP contribution in [0.25, 0.3) is 0 Å². The van der Waals surface area contributed by atoms with Gasteiger partial charge < -0.3 is 10.2 Å². The Morgan fingerprint density at radius 1 is 1.63 bits per heavy atom. The number of nitrogens with zero attached hydrogens (tertiary/aromatic N) is 3. The number of aromatic nitrogens is 1. The van der Waals surface area contributed by atoms with Gasteiger partial charge in [0.15, 0.2) is 5.96 Å². The number of thiazole rings is 1. The van der Waals surface area contributed by atoms with Crippen LogP contribution in [0.15, 0.2) is 21.4 Å². The molecule has 0 aliphatic carbocycles. The van der Waals surface area contributed by atoms with Gasteiger partial charge in [0.2, 0.25) is 0 Å². The smallest absolute Gasteiger partial charge is 0.194 e. The summed E-state index contributed by atoms with van der Waals surface area (Å²) >= 11 is 4.98. The van der Waals surface area contributed by atoms with Crippen molar-refractivity contribution in [3.63, 3.8) is 0 Å². The lowest BCUT2D eigenvalue weighted by molar-refractivity contribution is 0.472. The quantitative estimate of drug-likeness (QED) is 0.417. The Bertz CT molecular complexity index is 433. The van der Waals surface area contributed by atoms with Gasteiger partial charge in [0, 0.05) is 23.5 Å². The van der Waals surface area contributed by atoms with Crippen LogP contribution in [0, 0.1) is 6.92 Å². The molecule has 0 fully saturated rings. The van der Waals surface area contributed by atoms with Crippen LogP contribution in [0.1, 0.15) is 17.6 Å². The number of nitrogens with one attached hydrogen (secondary N) is 1. The minimum atomic E-state index is 0. The highest BCUT2D eigenvalue weighted by molar-refractivity contribution is 14.0. The molecule has 1 aromatic rings. The molecule has 0 aliphatic rings. The predicted molar refractivity (Wildman–Crippen MR) is 97.8 cm³/mol. The number of guanidine groups is 1. The Morgan fingerprint density at radius 2 is 2.32 bits per heavy atom. The third kappa shape index (κ3) is 7.26. The number of hydrogen-bond acceptors (Lipinski definition) is 3. The van der Waals surface area contributed by atoms with Crippen LogP contribution in [0.2, 0.25) is 0 Å². The van der Waals surface area contributed by atoms with E-state index in [1.807, 2.05) is 14.0 Å². The van der Waals surface area contributed by atoms with E-state index in [0.29, 0.717) is 6.54 Å². The van der Waals surface area contributed by atoms with E-state index in [0.717, 1.165) is 34.2 Å². The van der Waals surface area contributed by atoms with Gasteiger partial charge in [0.1, 0.15) is 0 Å². The minimum Gasteiger partial charge on any atom is -0.357 e. The maximum atomic E-state index is 4.48. The molecule has 4 nitrogen and oxygen atoms in total. The van der Waals surface area contributed by atoms with E-state index in [1.54, 1.807) is 11.3 Å². The molecule has 1 heterocycles. The van der Waals surface area contributed by atoms with Crippen molar-refractivity contribution >= 4 is 57.2 Å². The van der Waals surface area contributed by atoms with E-state index >= 15 is 0 Å². The summed E-state index contributed by atoms with van der Waals surface area (Å²) < 4.78 is 0.871. The average Bonchev–Trinajstić information content (AvgIpc) is 2.69. The van der Waals surface area contributed by atoms with E-state index in [4.69, 9.17) is 0 Å². The van der Waals surface area contributed by atoms with Crippen molar-refractivity contribution in [3.05, 3.63) is 27.1 Å². The van der Waals surface area contributed by atoms with Crippen molar-refractivity contribution in [2.45, 2.75) is 20.4 Å². The lowest BCUT2D eigenvalue weighted by atomic mass is 10.4. The number of rotatable bonds is 5. The lowest BCUT2D eigenvalue weighted by Gasteiger charge is -2.21. The molecule has 1 rings (SSSR count). The first kappa shape index (κ1) is 18.9. The van der Waals surface area contributed by atoms with Gasteiger partial charge in [0.25, 0.3) is 0 Å². The molecule has 0 spiro atoms. The Morgan fingerprint density at radius 3 is 2.79 bits per heavy atom. The molecule has 0 amide bonds. The summed E-state index contributed by atoms with van der Waals surface area (Å²) in [5.41, 5.74) is 1.07. The molecule has 0 radical (unpaired) electrons. The molecular weight excluding hydrogens is 439 g/mol.